The fourth-order valence-corrected chi connectivity index (χ4v) is 3.01. The number of nitrogens with one attached hydrogen (secondary N) is 2. The van der Waals surface area contributed by atoms with Crippen molar-refractivity contribution >= 4 is 46.9 Å². The Kier molecular flexibility index (Phi) is 6.36. The number of carbonyl (C=O) groups excluding carboxylic acids is 2. The third-order valence-corrected chi connectivity index (χ3v) is 4.54. The maximum atomic E-state index is 12.0. The second-order valence-corrected chi connectivity index (χ2v) is 7.19. The van der Waals surface area contributed by atoms with Crippen molar-refractivity contribution in [1.29, 1.82) is 0 Å². The van der Waals surface area contributed by atoms with Crippen molar-refractivity contribution < 1.29 is 14.0 Å². The first-order valence-electron chi connectivity index (χ1n) is 8.60. The summed E-state index contributed by atoms with van der Waals surface area (Å²) < 4.78 is 5.62. The van der Waals surface area contributed by atoms with E-state index in [1.165, 1.54) is 6.21 Å². The van der Waals surface area contributed by atoms with Gasteiger partial charge in [0.15, 0.2) is 0 Å². The average molecular weight is 430 g/mol. The molecule has 0 saturated heterocycles. The monoisotopic (exact) mass is 429 g/mol. The van der Waals surface area contributed by atoms with Gasteiger partial charge in [0.25, 0.3) is 0 Å². The summed E-state index contributed by atoms with van der Waals surface area (Å²) in [7, 11) is 0. The number of hydrazone groups is 1. The Balaban J connectivity index is 1.59. The van der Waals surface area contributed by atoms with Gasteiger partial charge in [0.1, 0.15) is 11.5 Å². The number of hydrogen-bond donors (Lipinski definition) is 2. The first-order valence-corrected chi connectivity index (χ1v) is 9.35. The summed E-state index contributed by atoms with van der Waals surface area (Å²) in [6.45, 7) is 3.88. The quantitative estimate of drug-likeness (QED) is 0.349. The lowest BCUT2D eigenvalue weighted by molar-refractivity contribution is -0.136. The normalized spacial score (nSPS) is 10.9. The van der Waals surface area contributed by atoms with Crippen molar-refractivity contribution in [3.8, 4) is 11.3 Å². The molecular formula is C21H17Cl2N3O3. The topological polar surface area (TPSA) is 83.7 Å². The van der Waals surface area contributed by atoms with E-state index in [9.17, 15) is 9.59 Å². The molecule has 0 bridgehead atoms. The number of anilines is 1. The van der Waals surface area contributed by atoms with E-state index in [0.29, 0.717) is 32.8 Å². The van der Waals surface area contributed by atoms with E-state index in [-0.39, 0.29) is 0 Å². The highest BCUT2D eigenvalue weighted by Crippen LogP contribution is 2.28. The van der Waals surface area contributed by atoms with E-state index in [0.717, 1.165) is 11.1 Å². The molecule has 1 aromatic heterocycles. The summed E-state index contributed by atoms with van der Waals surface area (Å²) in [6.07, 6.45) is 1.29. The van der Waals surface area contributed by atoms with E-state index in [2.05, 4.69) is 15.8 Å². The number of amides is 2. The Bertz CT molecular complexity index is 1090. The fourth-order valence-electron chi connectivity index (χ4n) is 2.49. The Morgan fingerprint density at radius 2 is 1.66 bits per heavy atom. The standard InChI is InChI=1S/C21H17Cl2N3O3/c1-12-3-4-17(7-13(12)2)25-20(27)21(28)26-24-11-18-5-6-19(29-18)14-8-15(22)10-16(23)9-14/h3-11H,1-2H3,(H,25,27)(H,26,28)/b24-11-. The Hall–Kier alpha value is -3.09. The van der Waals surface area contributed by atoms with Crippen LogP contribution in [0.4, 0.5) is 5.69 Å². The Morgan fingerprint density at radius 3 is 2.34 bits per heavy atom. The van der Waals surface area contributed by atoms with Crippen LogP contribution >= 0.6 is 23.2 Å². The molecule has 1 heterocycles. The maximum Gasteiger partial charge on any atom is 0.329 e. The van der Waals surface area contributed by atoms with Crippen LogP contribution in [0.1, 0.15) is 16.9 Å². The zero-order chi connectivity index (χ0) is 21.0. The van der Waals surface area contributed by atoms with Crippen molar-refractivity contribution in [2.24, 2.45) is 5.10 Å². The summed E-state index contributed by atoms with van der Waals surface area (Å²) >= 11 is 12.0. The third kappa shape index (κ3) is 5.47. The molecule has 29 heavy (non-hydrogen) atoms. The third-order valence-electron chi connectivity index (χ3n) is 4.10. The molecule has 0 unspecified atom stereocenters. The van der Waals surface area contributed by atoms with E-state index in [1.54, 1.807) is 42.5 Å². The number of aryl methyl sites for hydroxylation is 2. The summed E-state index contributed by atoms with van der Waals surface area (Å²) in [5.41, 5.74) is 5.51. The average Bonchev–Trinajstić information content (AvgIpc) is 3.13. The van der Waals surface area contributed by atoms with Crippen LogP contribution in [0.5, 0.6) is 0 Å². The maximum absolute atomic E-state index is 12.0. The first kappa shape index (κ1) is 20.6. The molecule has 3 aromatic rings. The van der Waals surface area contributed by atoms with Crippen molar-refractivity contribution in [3.05, 3.63) is 75.5 Å². The number of halogens is 2. The zero-order valence-corrected chi connectivity index (χ0v) is 17.1. The second-order valence-electron chi connectivity index (χ2n) is 6.31. The van der Waals surface area contributed by atoms with Gasteiger partial charge in [0.2, 0.25) is 0 Å². The van der Waals surface area contributed by atoms with Crippen LogP contribution in [0.3, 0.4) is 0 Å². The lowest BCUT2D eigenvalue weighted by Gasteiger charge is -2.06. The molecule has 0 atom stereocenters. The minimum atomic E-state index is -0.895. The Morgan fingerprint density at radius 1 is 0.931 bits per heavy atom. The largest absolute Gasteiger partial charge is 0.455 e. The number of furan rings is 1. The van der Waals surface area contributed by atoms with E-state index >= 15 is 0 Å². The lowest BCUT2D eigenvalue weighted by Crippen LogP contribution is -2.32. The highest BCUT2D eigenvalue weighted by molar-refractivity contribution is 6.39. The van der Waals surface area contributed by atoms with Gasteiger partial charge >= 0.3 is 11.8 Å². The van der Waals surface area contributed by atoms with Gasteiger partial charge < -0.3 is 9.73 Å². The van der Waals surface area contributed by atoms with Crippen LogP contribution in [0, 0.1) is 13.8 Å². The molecule has 0 aliphatic heterocycles. The molecule has 0 saturated carbocycles. The van der Waals surface area contributed by atoms with Gasteiger partial charge in [-0.1, -0.05) is 29.3 Å². The zero-order valence-electron chi connectivity index (χ0n) is 15.6. The molecular weight excluding hydrogens is 413 g/mol. The number of rotatable bonds is 4. The molecule has 0 spiro atoms. The highest BCUT2D eigenvalue weighted by atomic mass is 35.5. The van der Waals surface area contributed by atoms with Gasteiger partial charge in [0.05, 0.1) is 6.21 Å². The highest BCUT2D eigenvalue weighted by Gasteiger charge is 2.13. The molecule has 0 aliphatic carbocycles. The molecule has 2 N–H and O–H groups in total. The van der Waals surface area contributed by atoms with Gasteiger partial charge in [-0.15, -0.1) is 0 Å². The Labute approximate surface area is 177 Å². The van der Waals surface area contributed by atoms with Gasteiger partial charge in [-0.3, -0.25) is 9.59 Å². The van der Waals surface area contributed by atoms with Gasteiger partial charge in [-0.25, -0.2) is 5.43 Å². The summed E-state index contributed by atoms with van der Waals surface area (Å²) in [6, 6.07) is 13.8. The van der Waals surface area contributed by atoms with E-state index in [4.69, 9.17) is 27.6 Å². The molecule has 2 aromatic carbocycles. The SMILES string of the molecule is Cc1ccc(NC(=O)C(=O)N/N=C\c2ccc(-c3cc(Cl)cc(Cl)c3)o2)cc1C. The van der Waals surface area contributed by atoms with Gasteiger partial charge in [-0.2, -0.15) is 5.10 Å². The summed E-state index contributed by atoms with van der Waals surface area (Å²) in [5.74, 6) is -0.799. The van der Waals surface area contributed by atoms with Crippen molar-refractivity contribution in [3.63, 3.8) is 0 Å². The summed E-state index contributed by atoms with van der Waals surface area (Å²) in [4.78, 5) is 23.9. The van der Waals surface area contributed by atoms with Crippen LogP contribution in [-0.2, 0) is 9.59 Å². The lowest BCUT2D eigenvalue weighted by atomic mass is 10.1. The molecule has 3 rings (SSSR count). The van der Waals surface area contributed by atoms with Gasteiger partial charge in [0, 0.05) is 21.3 Å². The van der Waals surface area contributed by atoms with Crippen molar-refractivity contribution in [2.75, 3.05) is 5.32 Å². The van der Waals surface area contributed by atoms with E-state index in [1.807, 2.05) is 19.9 Å². The predicted molar refractivity (Wildman–Crippen MR) is 114 cm³/mol. The number of carbonyl (C=O) groups is 2. The minimum Gasteiger partial charge on any atom is -0.455 e. The molecule has 0 radical (unpaired) electrons. The molecule has 8 heteroatoms. The molecule has 148 valence electrons. The van der Waals surface area contributed by atoms with Crippen LogP contribution in [-0.4, -0.2) is 18.0 Å². The summed E-state index contributed by atoms with van der Waals surface area (Å²) in [5, 5.41) is 7.24. The number of benzene rings is 2. The smallest absolute Gasteiger partial charge is 0.329 e. The molecule has 6 nitrogen and oxygen atoms in total. The molecule has 0 aliphatic rings. The van der Waals surface area contributed by atoms with Crippen LogP contribution < -0.4 is 10.7 Å². The molecule has 2 amide bonds. The van der Waals surface area contributed by atoms with Crippen LogP contribution in [0.2, 0.25) is 10.0 Å². The van der Waals surface area contributed by atoms with Crippen molar-refractivity contribution in [2.45, 2.75) is 13.8 Å². The first-order chi connectivity index (χ1) is 13.8. The minimum absolute atomic E-state index is 0.381. The predicted octanol–water partition coefficient (Wildman–Crippen LogP) is 4.96. The number of hydrogen-bond acceptors (Lipinski definition) is 4. The van der Waals surface area contributed by atoms with Crippen molar-refractivity contribution in [1.82, 2.24) is 5.43 Å². The van der Waals surface area contributed by atoms with E-state index < -0.39 is 11.8 Å². The van der Waals surface area contributed by atoms with Gasteiger partial charge in [-0.05, 0) is 67.4 Å². The second kappa shape index (κ2) is 8.94. The molecule has 0 fully saturated rings. The van der Waals surface area contributed by atoms with Crippen LogP contribution in [0.15, 0.2) is 58.0 Å². The van der Waals surface area contributed by atoms with Crippen LogP contribution in [0.25, 0.3) is 11.3 Å². The fraction of sp³-hybridized carbons (Fsp3) is 0.0952. The number of nitrogens with zero attached hydrogens (tertiary/aromatic N) is 1.